The molecule has 0 amide bonds. The van der Waals surface area contributed by atoms with Crippen molar-refractivity contribution in [2.45, 2.75) is 0 Å². The Labute approximate surface area is 99.1 Å². The summed E-state index contributed by atoms with van der Waals surface area (Å²) in [5.41, 5.74) is 0. The van der Waals surface area contributed by atoms with Crippen LogP contribution in [0.3, 0.4) is 0 Å². The average Bonchev–Trinajstić information content (AvgIpc) is 1.54. The van der Waals surface area contributed by atoms with Crippen molar-refractivity contribution in [2.24, 2.45) is 0 Å². The van der Waals surface area contributed by atoms with Crippen LogP contribution in [0, 0.1) is 84.1 Å². The maximum absolute atomic E-state index is 8.25. The summed E-state index contributed by atoms with van der Waals surface area (Å²) in [5, 5.41) is 44.2. The second-order valence-electron chi connectivity index (χ2n) is 0.671. The monoisotopic (exact) mass is 350 g/mol. The van der Waals surface area contributed by atoms with Gasteiger partial charge in [-0.05, 0) is 0 Å². The molecule has 0 spiro atoms. The van der Waals surface area contributed by atoms with E-state index in [4.69, 9.17) is 46.0 Å². The predicted octanol–water partition coefficient (Wildman–Crippen LogP) is -0.717. The zero-order chi connectivity index (χ0) is 10.7. The van der Waals surface area contributed by atoms with Gasteiger partial charge in [-0.2, -0.15) is 0 Å². The molecule has 0 unspecified atom stereocenters. The SMILES string of the molecule is O=[N+]([O-])[O-].O=[N+]([O-])[O-].O=[N+]([O-])[O-].[164Dy+3]. The number of nitrogens with zero attached hydrogens (tertiary/aromatic N) is 3. The Morgan fingerprint density at radius 3 is 0.538 bits per heavy atom. The molecular weight excluding hydrogens is 350 g/mol. The Kier molecular flexibility index (Phi) is 29.8. The quantitative estimate of drug-likeness (QED) is 0.399. The molecule has 0 rings (SSSR count). The Morgan fingerprint density at radius 2 is 0.538 bits per heavy atom. The zero-order valence-electron chi connectivity index (χ0n) is 5.33. The summed E-state index contributed by atoms with van der Waals surface area (Å²) in [6, 6.07) is 0. The summed E-state index contributed by atoms with van der Waals surface area (Å²) < 4.78 is 0. The number of rotatable bonds is 0. The van der Waals surface area contributed by atoms with E-state index >= 15 is 0 Å². The summed E-state index contributed by atoms with van der Waals surface area (Å²) >= 11 is 0. The van der Waals surface area contributed by atoms with E-state index in [1.807, 2.05) is 0 Å². The number of hydrogen-bond donors (Lipinski definition) is 0. The third kappa shape index (κ3) is 674. The third-order valence-electron chi connectivity index (χ3n) is 0. The fourth-order valence-electron chi connectivity index (χ4n) is 0. The normalized spacial score (nSPS) is 5.54. The Morgan fingerprint density at radius 1 is 0.538 bits per heavy atom. The van der Waals surface area contributed by atoms with Crippen molar-refractivity contribution in [1.29, 1.82) is 0 Å². The van der Waals surface area contributed by atoms with E-state index < -0.39 is 15.3 Å². The molecule has 0 aliphatic carbocycles. The molecule has 0 fully saturated rings. The van der Waals surface area contributed by atoms with Crippen LogP contribution in [0.15, 0.2) is 0 Å². The smallest absolute Gasteiger partial charge is 0.356 e. The Balaban J connectivity index is -0.0000000450. The molecule has 12 nitrogen and oxygen atoms in total. The van der Waals surface area contributed by atoms with E-state index in [-0.39, 0.29) is 38.2 Å². The van der Waals surface area contributed by atoms with Gasteiger partial charge in [-0.3, -0.25) is 0 Å². The minimum atomic E-state index is -1.75. The van der Waals surface area contributed by atoms with Crippen LogP contribution in [0.2, 0.25) is 0 Å². The first-order valence-electron chi connectivity index (χ1n) is 1.64. The molecule has 0 bridgehead atoms. The first kappa shape index (κ1) is 22.6. The van der Waals surface area contributed by atoms with Crippen molar-refractivity contribution in [1.82, 2.24) is 0 Å². The first-order valence-corrected chi connectivity index (χ1v) is 1.64. The molecule has 0 atom stereocenters. The summed E-state index contributed by atoms with van der Waals surface area (Å²) in [7, 11) is 0. The summed E-state index contributed by atoms with van der Waals surface area (Å²) in [4.78, 5) is 24.8. The van der Waals surface area contributed by atoms with Crippen molar-refractivity contribution in [3.05, 3.63) is 46.0 Å². The topological polar surface area (TPSA) is 199 Å². The maximum Gasteiger partial charge on any atom is 3.00 e. The van der Waals surface area contributed by atoms with E-state index in [9.17, 15) is 0 Å². The maximum atomic E-state index is 8.25. The molecule has 0 aliphatic heterocycles. The fourth-order valence-corrected chi connectivity index (χ4v) is 0. The van der Waals surface area contributed by atoms with Gasteiger partial charge in [0.15, 0.2) is 0 Å². The van der Waals surface area contributed by atoms with Crippen LogP contribution in [-0.4, -0.2) is 15.3 Å². The molecule has 0 saturated heterocycles. The van der Waals surface area contributed by atoms with E-state index in [2.05, 4.69) is 0 Å². The van der Waals surface area contributed by atoms with Crippen LogP contribution in [0.4, 0.5) is 0 Å². The largest absolute Gasteiger partial charge is 3.00 e. The predicted molar refractivity (Wildman–Crippen MR) is 31.1 cm³/mol. The van der Waals surface area contributed by atoms with Gasteiger partial charge in [0.05, 0.1) is 15.3 Å². The standard InChI is InChI=1S/Dy.3NO3/c;3*2-1(3)4/q+3;3*-1/i1+1;;;. The molecule has 0 aromatic rings. The van der Waals surface area contributed by atoms with Gasteiger partial charge >= 0.3 is 38.2 Å². The van der Waals surface area contributed by atoms with Gasteiger partial charge in [0.25, 0.3) is 0 Å². The minimum Gasteiger partial charge on any atom is -0.356 e. The molecule has 79 valence electrons. The van der Waals surface area contributed by atoms with Gasteiger partial charge in [0.2, 0.25) is 0 Å². The molecule has 0 N–H and O–H groups in total. The summed E-state index contributed by atoms with van der Waals surface area (Å²) in [6.45, 7) is 0. The van der Waals surface area contributed by atoms with Crippen molar-refractivity contribution in [3.8, 4) is 0 Å². The van der Waals surface area contributed by atoms with Crippen LogP contribution >= 0.6 is 0 Å². The zero-order valence-corrected chi connectivity index (χ0v) is 7.36. The Hall–Kier alpha value is -1.13. The van der Waals surface area contributed by atoms with Gasteiger partial charge in [-0.25, -0.2) is 0 Å². The van der Waals surface area contributed by atoms with Crippen LogP contribution in [0.5, 0.6) is 0 Å². The molecule has 0 aliphatic rings. The van der Waals surface area contributed by atoms with E-state index in [1.54, 1.807) is 0 Å². The second kappa shape index (κ2) is 17.1. The summed E-state index contributed by atoms with van der Waals surface area (Å²) in [6.07, 6.45) is 0. The van der Waals surface area contributed by atoms with Gasteiger partial charge in [-0.15, -0.1) is 0 Å². The number of hydrogen-bond acceptors (Lipinski definition) is 9. The van der Waals surface area contributed by atoms with Gasteiger partial charge in [0.1, 0.15) is 0 Å². The van der Waals surface area contributed by atoms with Gasteiger partial charge in [0, 0.05) is 0 Å². The molecule has 0 aromatic heterocycles. The average molecular weight is 350 g/mol. The molecular formula is DyN3O9. The molecule has 1 radical (unpaired) electrons. The van der Waals surface area contributed by atoms with Gasteiger partial charge < -0.3 is 46.0 Å². The minimum absolute atomic E-state index is 0. The van der Waals surface area contributed by atoms with Crippen molar-refractivity contribution in [2.75, 3.05) is 0 Å². The molecule has 13 heteroatoms. The van der Waals surface area contributed by atoms with Crippen LogP contribution in [0.25, 0.3) is 0 Å². The molecule has 0 aromatic carbocycles. The Bertz CT molecular complexity index is 112. The van der Waals surface area contributed by atoms with Crippen LogP contribution in [-0.2, 0) is 0 Å². The summed E-state index contributed by atoms with van der Waals surface area (Å²) in [5.74, 6) is 0. The van der Waals surface area contributed by atoms with Crippen molar-refractivity contribution < 1.29 is 53.4 Å². The molecule has 0 heterocycles. The van der Waals surface area contributed by atoms with Crippen molar-refractivity contribution >= 4 is 0 Å². The van der Waals surface area contributed by atoms with E-state index in [0.29, 0.717) is 0 Å². The van der Waals surface area contributed by atoms with Crippen LogP contribution in [0.1, 0.15) is 0 Å². The fraction of sp³-hybridized carbons (Fsp3) is 0. The molecule has 0 saturated carbocycles. The van der Waals surface area contributed by atoms with Gasteiger partial charge in [-0.1, -0.05) is 0 Å². The molecule has 13 heavy (non-hydrogen) atoms. The van der Waals surface area contributed by atoms with Crippen molar-refractivity contribution in [3.63, 3.8) is 0 Å². The third-order valence-corrected chi connectivity index (χ3v) is 0. The van der Waals surface area contributed by atoms with Crippen LogP contribution < -0.4 is 0 Å². The van der Waals surface area contributed by atoms with E-state index in [0.717, 1.165) is 0 Å². The van der Waals surface area contributed by atoms with E-state index in [1.165, 1.54) is 0 Å². The first-order chi connectivity index (χ1) is 5.20. The second-order valence-corrected chi connectivity index (χ2v) is 0.671.